The fourth-order valence-electron chi connectivity index (χ4n) is 4.12. The smallest absolute Gasteiger partial charge is 0.321 e. The van der Waals surface area contributed by atoms with Gasteiger partial charge >= 0.3 is 17.9 Å². The lowest BCUT2D eigenvalue weighted by Gasteiger charge is -2.30. The van der Waals surface area contributed by atoms with Gasteiger partial charge in [-0.25, -0.2) is 0 Å². The van der Waals surface area contributed by atoms with Gasteiger partial charge in [-0.2, -0.15) is 0 Å². The van der Waals surface area contributed by atoms with Crippen LogP contribution in [0.2, 0.25) is 0 Å². The van der Waals surface area contributed by atoms with Crippen LogP contribution in [-0.2, 0) is 28.6 Å². The minimum absolute atomic E-state index is 0. The van der Waals surface area contributed by atoms with E-state index in [1.54, 1.807) is 39.0 Å². The Morgan fingerprint density at radius 2 is 0.773 bits per heavy atom. The fourth-order valence-corrected chi connectivity index (χ4v) is 4.12. The van der Waals surface area contributed by atoms with Crippen LogP contribution in [-0.4, -0.2) is 59.2 Å². The Kier molecular flexibility index (Phi) is 20.8. The summed E-state index contributed by atoms with van der Waals surface area (Å²) in [4.78, 5) is 40.7. The molecule has 0 aliphatic rings. The van der Waals surface area contributed by atoms with Crippen LogP contribution in [0.4, 0.5) is 0 Å². The molecule has 250 valence electrons. The molecule has 0 N–H and O–H groups in total. The highest BCUT2D eigenvalue weighted by atomic mass is 79.9. The van der Waals surface area contributed by atoms with E-state index in [1.165, 1.54) is 21.6 Å². The molecule has 0 aromatic carbocycles. The number of hydrogen-bond acceptors (Lipinski definition) is 7. The van der Waals surface area contributed by atoms with Crippen molar-refractivity contribution in [2.45, 2.75) is 118 Å². The van der Waals surface area contributed by atoms with Crippen LogP contribution in [0.3, 0.4) is 0 Å². The third-order valence-corrected chi connectivity index (χ3v) is 6.97. The number of carbonyl (C=O) groups is 3. The van der Waals surface area contributed by atoms with Crippen LogP contribution >= 0.6 is 17.0 Å². The first kappa shape index (κ1) is 43.4. The Morgan fingerprint density at radius 1 is 0.545 bits per heavy atom. The van der Waals surface area contributed by atoms with E-state index in [4.69, 9.17) is 14.2 Å². The third kappa shape index (κ3) is 19.5. The number of nitrogens with zero attached hydrogens (tertiary/aromatic N) is 1. The predicted molar refractivity (Wildman–Crippen MR) is 187 cm³/mol. The maximum atomic E-state index is 13.1. The summed E-state index contributed by atoms with van der Waals surface area (Å²) in [5, 5.41) is 0. The van der Waals surface area contributed by atoms with Gasteiger partial charge in [0.1, 0.15) is 16.8 Å². The summed E-state index contributed by atoms with van der Waals surface area (Å²) in [5.41, 5.74) is 0.777. The average molecular weight is 681 g/mol. The van der Waals surface area contributed by atoms with Gasteiger partial charge in [-0.3, -0.25) is 19.3 Å². The highest BCUT2D eigenvalue weighted by molar-refractivity contribution is 8.93. The Labute approximate surface area is 277 Å². The molecule has 0 aromatic rings. The van der Waals surface area contributed by atoms with Gasteiger partial charge in [0.15, 0.2) is 0 Å². The van der Waals surface area contributed by atoms with E-state index in [0.29, 0.717) is 38.5 Å². The molecule has 0 radical (unpaired) electrons. The highest BCUT2D eigenvalue weighted by Gasteiger charge is 2.31. The molecule has 0 heterocycles. The summed E-state index contributed by atoms with van der Waals surface area (Å²) in [6.45, 7) is 28.0. The second-order valence-corrected chi connectivity index (χ2v) is 12.6. The van der Waals surface area contributed by atoms with Gasteiger partial charge in [0.25, 0.3) is 0 Å². The van der Waals surface area contributed by atoms with Gasteiger partial charge in [-0.05, 0) is 119 Å². The molecule has 0 aliphatic heterocycles. The minimum atomic E-state index is -0.908. The van der Waals surface area contributed by atoms with Crippen molar-refractivity contribution >= 4 is 34.9 Å². The number of ether oxygens (including phenoxy) is 3. The maximum absolute atomic E-state index is 13.1. The molecule has 0 rings (SSSR count). The molecule has 3 unspecified atom stereocenters. The lowest BCUT2D eigenvalue weighted by atomic mass is 9.99. The molecule has 0 bridgehead atoms. The largest absolute Gasteiger partial charge is 0.454 e. The highest BCUT2D eigenvalue weighted by Crippen LogP contribution is 2.23. The molecule has 0 aromatic heterocycles. The second-order valence-electron chi connectivity index (χ2n) is 12.6. The van der Waals surface area contributed by atoms with Gasteiger partial charge in [0.2, 0.25) is 0 Å². The molecule has 44 heavy (non-hydrogen) atoms. The summed E-state index contributed by atoms with van der Waals surface area (Å²) in [7, 11) is 0. The zero-order valence-electron chi connectivity index (χ0n) is 28.8. The molecule has 0 amide bonds. The van der Waals surface area contributed by atoms with E-state index in [1.807, 2.05) is 41.5 Å². The number of carbonyl (C=O) groups excluding carboxylic acids is 3. The van der Waals surface area contributed by atoms with Crippen LogP contribution in [0.1, 0.15) is 101 Å². The first-order valence-corrected chi connectivity index (χ1v) is 15.1. The molecule has 0 saturated carbocycles. The van der Waals surface area contributed by atoms with Gasteiger partial charge in [-0.1, -0.05) is 54.7 Å². The second kappa shape index (κ2) is 21.1. The lowest BCUT2D eigenvalue weighted by Crippen LogP contribution is -2.44. The Hall–Kier alpha value is -2.71. The molecular formula is C36H58BrNO6. The van der Waals surface area contributed by atoms with E-state index in [-0.39, 0.29) is 36.6 Å². The van der Waals surface area contributed by atoms with Gasteiger partial charge in [0.05, 0.1) is 19.6 Å². The number of hydrogen-bond donors (Lipinski definition) is 0. The molecule has 0 aliphatic carbocycles. The van der Waals surface area contributed by atoms with Crippen molar-refractivity contribution in [3.63, 3.8) is 0 Å². The van der Waals surface area contributed by atoms with E-state index in [0.717, 1.165) is 0 Å². The summed E-state index contributed by atoms with van der Waals surface area (Å²) >= 11 is 0. The molecule has 3 atom stereocenters. The zero-order valence-corrected chi connectivity index (χ0v) is 30.5. The van der Waals surface area contributed by atoms with Gasteiger partial charge < -0.3 is 14.2 Å². The van der Waals surface area contributed by atoms with Gasteiger partial charge in [-0.15, -0.1) is 17.0 Å². The first-order chi connectivity index (χ1) is 19.9. The van der Waals surface area contributed by atoms with Crippen LogP contribution in [0.25, 0.3) is 0 Å². The van der Waals surface area contributed by atoms with Crippen molar-refractivity contribution in [3.8, 4) is 0 Å². The van der Waals surface area contributed by atoms with Crippen LogP contribution < -0.4 is 0 Å². The van der Waals surface area contributed by atoms with Crippen LogP contribution in [0.15, 0.2) is 72.9 Å². The van der Waals surface area contributed by atoms with E-state index in [9.17, 15) is 14.4 Å². The SMILES string of the molecule is Br.C=CC(C)(CCC=C(C)C)OC(=O)CN(CC(=O)OC(C)(C=C)CCC=C(C)C)CC(=O)OC(C)(C=C)CCC=C(C)C. The number of halogens is 1. The van der Waals surface area contributed by atoms with Crippen molar-refractivity contribution in [2.24, 2.45) is 0 Å². The maximum Gasteiger partial charge on any atom is 0.321 e. The van der Waals surface area contributed by atoms with Crippen molar-refractivity contribution in [1.29, 1.82) is 0 Å². The molecule has 7 nitrogen and oxygen atoms in total. The Morgan fingerprint density at radius 3 is 0.955 bits per heavy atom. The van der Waals surface area contributed by atoms with Crippen LogP contribution in [0, 0.1) is 0 Å². The Balaban J connectivity index is 0. The first-order valence-electron chi connectivity index (χ1n) is 15.1. The third-order valence-electron chi connectivity index (χ3n) is 6.97. The number of rotatable bonds is 21. The van der Waals surface area contributed by atoms with E-state index in [2.05, 4.69) is 38.0 Å². The normalized spacial score (nSPS) is 14.6. The molecule has 0 saturated heterocycles. The molecule has 0 fully saturated rings. The number of esters is 3. The number of allylic oxidation sites excluding steroid dienone is 6. The Bertz CT molecular complexity index is 931. The van der Waals surface area contributed by atoms with E-state index < -0.39 is 34.7 Å². The van der Waals surface area contributed by atoms with Crippen molar-refractivity contribution in [3.05, 3.63) is 72.9 Å². The summed E-state index contributed by atoms with van der Waals surface area (Å²) in [5.74, 6) is -1.78. The van der Waals surface area contributed by atoms with Crippen molar-refractivity contribution in [1.82, 2.24) is 4.90 Å². The summed E-state index contributed by atoms with van der Waals surface area (Å²) in [6.07, 6.45) is 14.8. The van der Waals surface area contributed by atoms with Crippen molar-refractivity contribution in [2.75, 3.05) is 19.6 Å². The topological polar surface area (TPSA) is 82.1 Å². The van der Waals surface area contributed by atoms with Gasteiger partial charge in [0, 0.05) is 0 Å². The molecule has 8 heteroatoms. The monoisotopic (exact) mass is 679 g/mol. The predicted octanol–water partition coefficient (Wildman–Crippen LogP) is 8.57. The molecular weight excluding hydrogens is 622 g/mol. The van der Waals surface area contributed by atoms with Crippen LogP contribution in [0.5, 0.6) is 0 Å². The summed E-state index contributed by atoms with van der Waals surface area (Å²) < 4.78 is 17.3. The summed E-state index contributed by atoms with van der Waals surface area (Å²) in [6, 6.07) is 0. The van der Waals surface area contributed by atoms with E-state index >= 15 is 0 Å². The zero-order chi connectivity index (χ0) is 33.3. The minimum Gasteiger partial charge on any atom is -0.454 e. The lowest BCUT2D eigenvalue weighted by molar-refractivity contribution is -0.162. The standard InChI is InChI=1S/C36H57NO6.BrH/c1-13-34(10,22-16-19-28(4)5)41-31(38)25-37(26-32(39)42-35(11,14-2)23-17-20-29(6)7)27-33(40)43-36(12,15-3)24-18-21-30(8)9;/h13-15,19-21H,1-3,16-18,22-27H2,4-12H3;1H. The fraction of sp³-hybridized carbons (Fsp3) is 0.583. The average Bonchev–Trinajstić information content (AvgIpc) is 2.87. The van der Waals surface area contributed by atoms with Crippen molar-refractivity contribution < 1.29 is 28.6 Å². The molecule has 0 spiro atoms. The quantitative estimate of drug-likeness (QED) is 0.0683.